The Balaban J connectivity index is 1.75. The van der Waals surface area contributed by atoms with Crippen LogP contribution in [0.15, 0.2) is 63.9 Å². The minimum atomic E-state index is -3.71. The number of amidine groups is 1. The maximum Gasteiger partial charge on any atom is 0.286 e. The third kappa shape index (κ3) is 3.05. The Bertz CT molecular complexity index is 846. The summed E-state index contributed by atoms with van der Waals surface area (Å²) in [6.45, 7) is 0. The molecule has 0 aliphatic carbocycles. The van der Waals surface area contributed by atoms with Crippen molar-refractivity contribution in [2.45, 2.75) is 4.90 Å². The van der Waals surface area contributed by atoms with Crippen molar-refractivity contribution in [1.82, 2.24) is 0 Å². The number of benzene rings is 2. The van der Waals surface area contributed by atoms with Crippen molar-refractivity contribution < 1.29 is 13.2 Å². The molecule has 0 radical (unpaired) electrons. The van der Waals surface area contributed by atoms with Gasteiger partial charge in [-0.05, 0) is 12.1 Å². The van der Waals surface area contributed by atoms with Crippen LogP contribution in [0.2, 0.25) is 0 Å². The van der Waals surface area contributed by atoms with E-state index in [9.17, 15) is 13.2 Å². The second kappa shape index (κ2) is 5.94. The lowest BCUT2D eigenvalue weighted by atomic mass is 10.2. The van der Waals surface area contributed by atoms with Crippen molar-refractivity contribution in [3.8, 4) is 0 Å². The lowest BCUT2D eigenvalue weighted by Gasteiger charge is -2.17. The second-order valence-electron chi connectivity index (χ2n) is 4.57. The number of hydrogen-bond donors (Lipinski definition) is 1. The number of carbonyl (C=O) groups is 1. The van der Waals surface area contributed by atoms with Crippen molar-refractivity contribution in [2.75, 3.05) is 11.1 Å². The topological polar surface area (TPSA) is 75.6 Å². The molecule has 3 rings (SSSR count). The zero-order chi connectivity index (χ0) is 15.6. The minimum absolute atomic E-state index is 0.0774. The molecule has 2 aromatic carbocycles. The molecule has 0 fully saturated rings. The van der Waals surface area contributed by atoms with Crippen LogP contribution in [0.1, 0.15) is 10.4 Å². The molecule has 5 nitrogen and oxygen atoms in total. The van der Waals surface area contributed by atoms with Crippen molar-refractivity contribution in [1.29, 1.82) is 0 Å². The number of para-hydroxylation sites is 1. The molecule has 1 aliphatic heterocycles. The largest absolute Gasteiger partial charge is 0.333 e. The highest BCUT2D eigenvalue weighted by Gasteiger charge is 2.24. The molecule has 0 aromatic heterocycles. The van der Waals surface area contributed by atoms with Crippen LogP contribution in [0.5, 0.6) is 0 Å². The first-order chi connectivity index (χ1) is 10.6. The summed E-state index contributed by atoms with van der Waals surface area (Å²) < 4.78 is 27.9. The highest BCUT2D eigenvalue weighted by atomic mass is 32.2. The fourth-order valence-electron chi connectivity index (χ4n) is 1.99. The summed E-state index contributed by atoms with van der Waals surface area (Å²) in [5, 5.41) is 3.15. The number of thioether (sulfide) groups is 1. The summed E-state index contributed by atoms with van der Waals surface area (Å²) in [7, 11) is -3.71. The number of nitrogens with one attached hydrogen (secondary N) is 1. The van der Waals surface area contributed by atoms with Crippen LogP contribution in [0.4, 0.5) is 5.69 Å². The number of anilines is 1. The van der Waals surface area contributed by atoms with Crippen LogP contribution in [-0.4, -0.2) is 25.1 Å². The summed E-state index contributed by atoms with van der Waals surface area (Å²) in [4.78, 5) is 12.2. The van der Waals surface area contributed by atoms with Crippen LogP contribution in [0.25, 0.3) is 0 Å². The van der Waals surface area contributed by atoms with Gasteiger partial charge in [-0.3, -0.25) is 4.79 Å². The maximum absolute atomic E-state index is 12.1. The van der Waals surface area contributed by atoms with Gasteiger partial charge in [-0.1, -0.05) is 54.2 Å². The molecule has 22 heavy (non-hydrogen) atoms. The molecule has 0 amide bonds. The Morgan fingerprint density at radius 3 is 2.50 bits per heavy atom. The van der Waals surface area contributed by atoms with Gasteiger partial charge in [0, 0.05) is 5.56 Å². The highest BCUT2D eigenvalue weighted by Crippen LogP contribution is 2.29. The molecule has 0 saturated heterocycles. The van der Waals surface area contributed by atoms with Crippen LogP contribution < -0.4 is 5.32 Å². The van der Waals surface area contributed by atoms with E-state index in [4.69, 9.17) is 0 Å². The lowest BCUT2D eigenvalue weighted by Crippen LogP contribution is -2.20. The fraction of sp³-hybridized carbons (Fsp3) is 0.0667. The molecule has 1 aliphatic rings. The van der Waals surface area contributed by atoms with Crippen LogP contribution in [-0.2, 0) is 10.0 Å². The number of sulfonamides is 1. The van der Waals surface area contributed by atoms with Gasteiger partial charge in [0.25, 0.3) is 10.0 Å². The van der Waals surface area contributed by atoms with E-state index >= 15 is 0 Å². The van der Waals surface area contributed by atoms with Gasteiger partial charge in [0.2, 0.25) is 0 Å². The summed E-state index contributed by atoms with van der Waals surface area (Å²) in [5.41, 5.74) is 1.07. The average molecular weight is 332 g/mol. The monoisotopic (exact) mass is 332 g/mol. The Labute approximate surface area is 132 Å². The van der Waals surface area contributed by atoms with Gasteiger partial charge in [0.1, 0.15) is 4.90 Å². The molecule has 0 bridgehead atoms. The van der Waals surface area contributed by atoms with Gasteiger partial charge < -0.3 is 5.32 Å². The van der Waals surface area contributed by atoms with E-state index in [1.807, 2.05) is 6.07 Å². The number of carbonyl (C=O) groups excluding carboxylic acids is 1. The first-order valence-electron chi connectivity index (χ1n) is 6.48. The molecular formula is C15H12N2O3S2. The van der Waals surface area contributed by atoms with E-state index in [0.29, 0.717) is 11.3 Å². The van der Waals surface area contributed by atoms with Crippen molar-refractivity contribution >= 4 is 38.4 Å². The van der Waals surface area contributed by atoms with Gasteiger partial charge in [0.15, 0.2) is 11.0 Å². The number of fused-ring (bicyclic) bond motifs is 1. The quantitative estimate of drug-likeness (QED) is 0.875. The van der Waals surface area contributed by atoms with E-state index in [-0.39, 0.29) is 21.6 Å². The summed E-state index contributed by atoms with van der Waals surface area (Å²) in [6, 6.07) is 15.4. The van der Waals surface area contributed by atoms with E-state index in [1.165, 1.54) is 6.07 Å². The summed E-state index contributed by atoms with van der Waals surface area (Å²) in [5.74, 6) is 0.0411. The van der Waals surface area contributed by atoms with Gasteiger partial charge in [0.05, 0.1) is 11.4 Å². The van der Waals surface area contributed by atoms with Crippen LogP contribution in [0.3, 0.4) is 0 Å². The van der Waals surface area contributed by atoms with Gasteiger partial charge >= 0.3 is 0 Å². The highest BCUT2D eigenvalue weighted by molar-refractivity contribution is 8.15. The molecular weight excluding hydrogens is 320 g/mol. The molecule has 2 aromatic rings. The zero-order valence-electron chi connectivity index (χ0n) is 11.4. The zero-order valence-corrected chi connectivity index (χ0v) is 13.0. The third-order valence-corrected chi connectivity index (χ3v) is 5.37. The molecule has 7 heteroatoms. The van der Waals surface area contributed by atoms with Crippen molar-refractivity contribution in [3.05, 3.63) is 60.2 Å². The van der Waals surface area contributed by atoms with Gasteiger partial charge in [-0.25, -0.2) is 0 Å². The predicted molar refractivity (Wildman–Crippen MR) is 87.9 cm³/mol. The second-order valence-corrected chi connectivity index (χ2v) is 7.11. The number of nitrogens with zero attached hydrogens (tertiary/aromatic N) is 1. The number of rotatable bonds is 3. The molecule has 112 valence electrons. The van der Waals surface area contributed by atoms with Crippen LogP contribution in [0, 0.1) is 0 Å². The van der Waals surface area contributed by atoms with E-state index in [1.54, 1.807) is 42.5 Å². The first kappa shape index (κ1) is 14.8. The Morgan fingerprint density at radius 1 is 1.05 bits per heavy atom. The average Bonchev–Trinajstić information content (AvgIpc) is 2.53. The first-order valence-corrected chi connectivity index (χ1v) is 8.91. The standard InChI is InChI=1S/C15H12N2O3S2/c18-13(11-6-2-1-3-7-11)10-21-15-16-12-8-4-5-9-14(12)22(19,20)17-15/h1-9H,10H2,(H,16,17). The normalized spacial score (nSPS) is 15.4. The maximum atomic E-state index is 12.1. The summed E-state index contributed by atoms with van der Waals surface area (Å²) in [6.07, 6.45) is 0. The molecule has 1 N–H and O–H groups in total. The molecule has 1 heterocycles. The Kier molecular flexibility index (Phi) is 4.00. The molecule has 0 saturated carbocycles. The minimum Gasteiger partial charge on any atom is -0.333 e. The van der Waals surface area contributed by atoms with E-state index in [2.05, 4.69) is 9.71 Å². The van der Waals surface area contributed by atoms with E-state index in [0.717, 1.165) is 11.8 Å². The Morgan fingerprint density at radius 2 is 1.73 bits per heavy atom. The molecule has 0 spiro atoms. The van der Waals surface area contributed by atoms with Gasteiger partial charge in [-0.2, -0.15) is 8.42 Å². The lowest BCUT2D eigenvalue weighted by molar-refractivity contribution is 0.102. The number of Topliss-reactive ketones (excluding diaryl/α,β-unsaturated/α-hetero) is 1. The molecule has 0 unspecified atom stereocenters. The van der Waals surface area contributed by atoms with Gasteiger partial charge in [-0.15, -0.1) is 4.40 Å². The smallest absolute Gasteiger partial charge is 0.286 e. The SMILES string of the molecule is O=C(CSC1=NS(=O)(=O)c2ccccc2N1)c1ccccc1. The molecule has 0 atom stereocenters. The number of ketones is 1. The van der Waals surface area contributed by atoms with E-state index < -0.39 is 10.0 Å². The van der Waals surface area contributed by atoms with Crippen LogP contribution >= 0.6 is 11.8 Å². The number of hydrogen-bond acceptors (Lipinski definition) is 5. The summed E-state index contributed by atoms with van der Waals surface area (Å²) >= 11 is 1.08. The fourth-order valence-corrected chi connectivity index (χ4v) is 4.13. The third-order valence-electron chi connectivity index (χ3n) is 3.05. The van der Waals surface area contributed by atoms with Crippen molar-refractivity contribution in [2.24, 2.45) is 4.40 Å². The van der Waals surface area contributed by atoms with Crippen molar-refractivity contribution in [3.63, 3.8) is 0 Å². The predicted octanol–water partition coefficient (Wildman–Crippen LogP) is 2.77. The Hall–Kier alpha value is -2.12.